The fraction of sp³-hybridized carbons (Fsp3) is 0.355. The highest BCUT2D eigenvalue weighted by Gasteiger charge is 2.34. The predicted molar refractivity (Wildman–Crippen MR) is 166 cm³/mol. The van der Waals surface area contributed by atoms with E-state index in [-0.39, 0.29) is 41.4 Å². The number of methoxy groups -OCH3 is 2. The van der Waals surface area contributed by atoms with Crippen molar-refractivity contribution in [3.8, 4) is 11.5 Å². The van der Waals surface area contributed by atoms with Gasteiger partial charge in [-0.3, -0.25) is 13.9 Å². The van der Waals surface area contributed by atoms with Crippen molar-refractivity contribution in [2.75, 3.05) is 31.3 Å². The van der Waals surface area contributed by atoms with E-state index in [1.807, 2.05) is 50.2 Å². The van der Waals surface area contributed by atoms with Gasteiger partial charge >= 0.3 is 0 Å². The lowest BCUT2D eigenvalue weighted by Crippen LogP contribution is -2.54. The van der Waals surface area contributed by atoms with Crippen LogP contribution in [0.25, 0.3) is 0 Å². The molecule has 0 saturated carbocycles. The van der Waals surface area contributed by atoms with Crippen molar-refractivity contribution in [3.63, 3.8) is 0 Å². The molecule has 11 heteroatoms. The summed E-state index contributed by atoms with van der Waals surface area (Å²) in [5.41, 5.74) is 1.68. The molecule has 0 heterocycles. The van der Waals surface area contributed by atoms with Crippen molar-refractivity contribution in [1.29, 1.82) is 0 Å². The monoisotopic (exact) mass is 615 g/mol. The number of ether oxygens (including phenoxy) is 2. The second-order valence-electron chi connectivity index (χ2n) is 9.98. The number of rotatable bonds is 14. The molecule has 9 nitrogen and oxygen atoms in total. The number of hydrogen-bond acceptors (Lipinski definition) is 6. The summed E-state index contributed by atoms with van der Waals surface area (Å²) in [6.07, 6.45) is 1.92. The van der Waals surface area contributed by atoms with Gasteiger partial charge in [0.05, 0.1) is 26.2 Å². The Kier molecular flexibility index (Phi) is 11.6. The number of nitrogens with zero attached hydrogens (tertiary/aromatic N) is 2. The summed E-state index contributed by atoms with van der Waals surface area (Å²) in [7, 11) is -1.03. The van der Waals surface area contributed by atoms with Gasteiger partial charge in [-0.05, 0) is 54.8 Å². The third kappa shape index (κ3) is 8.87. The molecule has 0 spiro atoms. The number of benzene rings is 3. The summed E-state index contributed by atoms with van der Waals surface area (Å²) in [6.45, 7) is 3.30. The van der Waals surface area contributed by atoms with E-state index in [1.54, 1.807) is 31.4 Å². The van der Waals surface area contributed by atoms with Crippen LogP contribution in [0.1, 0.15) is 31.4 Å². The number of carbonyl (C=O) groups is 2. The highest BCUT2D eigenvalue weighted by atomic mass is 35.5. The predicted octanol–water partition coefficient (Wildman–Crippen LogP) is 4.68. The van der Waals surface area contributed by atoms with E-state index in [0.29, 0.717) is 17.7 Å². The molecule has 42 heavy (non-hydrogen) atoms. The van der Waals surface area contributed by atoms with Crippen LogP contribution in [0.2, 0.25) is 5.02 Å². The zero-order valence-electron chi connectivity index (χ0n) is 24.5. The fourth-order valence-corrected chi connectivity index (χ4v) is 5.43. The normalized spacial score (nSPS) is 12.6. The zero-order valence-corrected chi connectivity index (χ0v) is 26.1. The van der Waals surface area contributed by atoms with Crippen LogP contribution < -0.4 is 19.1 Å². The standard InChI is InChI=1S/C31H38ClN3O6S/c1-6-22(2)33-31(37)28(18-23-11-8-7-9-12-23)34(20-24-13-10-14-26(17-24)40-3)30(36)21-35(42(5,38)39)27-19-25(32)15-16-29(27)41-4/h7-17,19,22,28H,6,18,20-21H2,1-5H3,(H,33,37)/t22-,28-/m1/s1. The first kappa shape index (κ1) is 32.8. The summed E-state index contributed by atoms with van der Waals surface area (Å²) >= 11 is 6.21. The maximum absolute atomic E-state index is 14.2. The van der Waals surface area contributed by atoms with Gasteiger partial charge in [-0.25, -0.2) is 8.42 Å². The molecule has 0 unspecified atom stereocenters. The van der Waals surface area contributed by atoms with Crippen molar-refractivity contribution in [2.24, 2.45) is 0 Å². The number of sulfonamides is 1. The largest absolute Gasteiger partial charge is 0.497 e. The summed E-state index contributed by atoms with van der Waals surface area (Å²) in [5.74, 6) is -0.0986. The third-order valence-electron chi connectivity index (χ3n) is 6.85. The van der Waals surface area contributed by atoms with Crippen LogP contribution in [0.5, 0.6) is 11.5 Å². The molecule has 0 aliphatic rings. The molecule has 2 atom stereocenters. The van der Waals surface area contributed by atoms with Crippen LogP contribution in [0, 0.1) is 0 Å². The lowest BCUT2D eigenvalue weighted by molar-refractivity contribution is -0.140. The summed E-state index contributed by atoms with van der Waals surface area (Å²) < 4.78 is 37.8. The van der Waals surface area contributed by atoms with Crippen molar-refractivity contribution >= 4 is 39.1 Å². The van der Waals surface area contributed by atoms with E-state index >= 15 is 0 Å². The molecule has 3 aromatic rings. The van der Waals surface area contributed by atoms with E-state index in [1.165, 1.54) is 24.1 Å². The van der Waals surface area contributed by atoms with E-state index in [4.69, 9.17) is 21.1 Å². The number of anilines is 1. The van der Waals surface area contributed by atoms with Crippen molar-refractivity contribution < 1.29 is 27.5 Å². The molecule has 0 radical (unpaired) electrons. The minimum Gasteiger partial charge on any atom is -0.497 e. The number of carbonyl (C=O) groups excluding carboxylic acids is 2. The Hall–Kier alpha value is -3.76. The molecule has 0 aliphatic carbocycles. The molecular weight excluding hydrogens is 578 g/mol. The summed E-state index contributed by atoms with van der Waals surface area (Å²) in [5, 5.41) is 3.28. The molecule has 3 rings (SSSR count). The van der Waals surface area contributed by atoms with Crippen LogP contribution in [-0.4, -0.2) is 64.2 Å². The molecule has 1 N–H and O–H groups in total. The van der Waals surface area contributed by atoms with Gasteiger partial charge in [-0.2, -0.15) is 0 Å². The maximum atomic E-state index is 14.2. The molecule has 3 aromatic carbocycles. The topological polar surface area (TPSA) is 105 Å². The van der Waals surface area contributed by atoms with Gasteiger partial charge in [0.2, 0.25) is 21.8 Å². The Morgan fingerprint density at radius 3 is 2.26 bits per heavy atom. The van der Waals surface area contributed by atoms with Gasteiger partial charge in [0.25, 0.3) is 0 Å². The van der Waals surface area contributed by atoms with E-state index in [9.17, 15) is 18.0 Å². The van der Waals surface area contributed by atoms with Crippen LogP contribution in [0.3, 0.4) is 0 Å². The number of halogens is 1. The van der Waals surface area contributed by atoms with E-state index in [2.05, 4.69) is 5.32 Å². The van der Waals surface area contributed by atoms with Gasteiger partial charge in [0.1, 0.15) is 24.1 Å². The van der Waals surface area contributed by atoms with E-state index < -0.39 is 28.5 Å². The van der Waals surface area contributed by atoms with Gasteiger partial charge in [0.15, 0.2) is 0 Å². The van der Waals surface area contributed by atoms with Crippen molar-refractivity contribution in [1.82, 2.24) is 10.2 Å². The second-order valence-corrected chi connectivity index (χ2v) is 12.3. The number of hydrogen-bond donors (Lipinski definition) is 1. The van der Waals surface area contributed by atoms with Gasteiger partial charge < -0.3 is 19.7 Å². The Morgan fingerprint density at radius 1 is 0.952 bits per heavy atom. The van der Waals surface area contributed by atoms with Gasteiger partial charge in [0, 0.05) is 24.0 Å². The van der Waals surface area contributed by atoms with Crippen LogP contribution in [0.4, 0.5) is 5.69 Å². The third-order valence-corrected chi connectivity index (χ3v) is 8.21. The Labute approximate surface area is 253 Å². The lowest BCUT2D eigenvalue weighted by atomic mass is 10.0. The van der Waals surface area contributed by atoms with Gasteiger partial charge in [-0.1, -0.05) is 61.0 Å². The first-order valence-electron chi connectivity index (χ1n) is 13.5. The highest BCUT2D eigenvalue weighted by Crippen LogP contribution is 2.33. The average molecular weight is 616 g/mol. The molecule has 2 amide bonds. The minimum atomic E-state index is -3.98. The average Bonchev–Trinajstić information content (AvgIpc) is 2.97. The molecule has 0 bridgehead atoms. The molecule has 0 aromatic heterocycles. The van der Waals surface area contributed by atoms with E-state index in [0.717, 1.165) is 16.1 Å². The number of nitrogens with one attached hydrogen (secondary N) is 1. The SMILES string of the molecule is CC[C@@H](C)NC(=O)[C@@H](Cc1ccccc1)N(Cc1cccc(OC)c1)C(=O)CN(c1cc(Cl)ccc1OC)S(C)(=O)=O. The molecule has 0 fully saturated rings. The second kappa shape index (κ2) is 14.9. The summed E-state index contributed by atoms with van der Waals surface area (Å²) in [6, 6.07) is 20.0. The Bertz CT molecular complexity index is 1470. The highest BCUT2D eigenvalue weighted by molar-refractivity contribution is 7.92. The van der Waals surface area contributed by atoms with Crippen LogP contribution in [0.15, 0.2) is 72.8 Å². The van der Waals surface area contributed by atoms with Crippen LogP contribution in [-0.2, 0) is 32.6 Å². The van der Waals surface area contributed by atoms with Crippen molar-refractivity contribution in [2.45, 2.75) is 45.3 Å². The fourth-order valence-electron chi connectivity index (χ4n) is 4.42. The molecule has 0 aliphatic heterocycles. The minimum absolute atomic E-state index is 0.0335. The smallest absolute Gasteiger partial charge is 0.244 e. The first-order valence-corrected chi connectivity index (χ1v) is 15.8. The maximum Gasteiger partial charge on any atom is 0.244 e. The quantitative estimate of drug-likeness (QED) is 0.282. The lowest BCUT2D eigenvalue weighted by Gasteiger charge is -2.34. The Morgan fingerprint density at radius 2 is 1.64 bits per heavy atom. The molecule has 226 valence electrons. The zero-order chi connectivity index (χ0) is 30.9. The first-order chi connectivity index (χ1) is 20.0. The number of amides is 2. The molecule has 0 saturated heterocycles. The van der Waals surface area contributed by atoms with Gasteiger partial charge in [-0.15, -0.1) is 0 Å². The molecular formula is C31H38ClN3O6S. The summed E-state index contributed by atoms with van der Waals surface area (Å²) in [4.78, 5) is 29.4. The van der Waals surface area contributed by atoms with Crippen molar-refractivity contribution in [3.05, 3.63) is 88.9 Å². The van der Waals surface area contributed by atoms with Crippen LogP contribution >= 0.6 is 11.6 Å². The Balaban J connectivity index is 2.12.